The lowest BCUT2D eigenvalue weighted by Gasteiger charge is -2.19. The van der Waals surface area contributed by atoms with Crippen molar-refractivity contribution >= 4 is 11.8 Å². The highest BCUT2D eigenvalue weighted by Gasteiger charge is 2.14. The fraction of sp³-hybridized carbons (Fsp3) is 0.733. The zero-order chi connectivity index (χ0) is 14.2. The molecule has 0 aliphatic carbocycles. The van der Waals surface area contributed by atoms with Gasteiger partial charge in [-0.1, -0.05) is 25.1 Å². The van der Waals surface area contributed by atoms with E-state index in [1.165, 1.54) is 24.8 Å². The molecule has 1 aliphatic heterocycles. The SMILES string of the molecule is CCCCSc1ncc(CN2CCC[C@@H](N)CC2)cn1. The molecular formula is C15H26N4S. The summed E-state index contributed by atoms with van der Waals surface area (Å²) in [6.45, 7) is 5.39. The predicted octanol–water partition coefficient (Wildman–Crippen LogP) is 2.68. The summed E-state index contributed by atoms with van der Waals surface area (Å²) in [5, 5.41) is 0.903. The minimum atomic E-state index is 0.383. The van der Waals surface area contributed by atoms with Gasteiger partial charge in [0.1, 0.15) is 0 Å². The van der Waals surface area contributed by atoms with Crippen molar-refractivity contribution in [3.8, 4) is 0 Å². The Morgan fingerprint density at radius 2 is 2.10 bits per heavy atom. The van der Waals surface area contributed by atoms with Crippen molar-refractivity contribution in [1.29, 1.82) is 0 Å². The third kappa shape index (κ3) is 5.38. The Kier molecular flexibility index (Phi) is 6.76. The van der Waals surface area contributed by atoms with E-state index in [0.29, 0.717) is 6.04 Å². The second-order valence-electron chi connectivity index (χ2n) is 5.54. The van der Waals surface area contributed by atoms with Gasteiger partial charge < -0.3 is 5.73 Å². The van der Waals surface area contributed by atoms with Crippen molar-refractivity contribution in [3.05, 3.63) is 18.0 Å². The molecule has 2 N–H and O–H groups in total. The molecule has 0 radical (unpaired) electrons. The number of nitrogens with zero attached hydrogens (tertiary/aromatic N) is 3. The Labute approximate surface area is 126 Å². The van der Waals surface area contributed by atoms with Crippen LogP contribution in [0.5, 0.6) is 0 Å². The van der Waals surface area contributed by atoms with Crippen LogP contribution >= 0.6 is 11.8 Å². The van der Waals surface area contributed by atoms with Crippen molar-refractivity contribution in [2.24, 2.45) is 5.73 Å². The normalized spacial score (nSPS) is 20.8. The predicted molar refractivity (Wildman–Crippen MR) is 84.8 cm³/mol. The summed E-state index contributed by atoms with van der Waals surface area (Å²) >= 11 is 1.75. The molecule has 20 heavy (non-hydrogen) atoms. The van der Waals surface area contributed by atoms with E-state index in [1.807, 2.05) is 12.4 Å². The number of aromatic nitrogens is 2. The number of hydrogen-bond donors (Lipinski definition) is 1. The molecule has 112 valence electrons. The van der Waals surface area contributed by atoms with Gasteiger partial charge in [0.05, 0.1) is 0 Å². The molecule has 0 unspecified atom stereocenters. The average molecular weight is 294 g/mol. The van der Waals surface area contributed by atoms with Crippen LogP contribution in [0.4, 0.5) is 0 Å². The highest BCUT2D eigenvalue weighted by molar-refractivity contribution is 7.99. The summed E-state index contributed by atoms with van der Waals surface area (Å²) in [4.78, 5) is 11.4. The van der Waals surface area contributed by atoms with Crippen LogP contribution in [0.2, 0.25) is 0 Å². The van der Waals surface area contributed by atoms with Crippen LogP contribution in [0.1, 0.15) is 44.6 Å². The van der Waals surface area contributed by atoms with Crippen LogP contribution in [0.15, 0.2) is 17.6 Å². The molecule has 1 fully saturated rings. The first-order valence-corrected chi connectivity index (χ1v) is 8.68. The number of unbranched alkanes of at least 4 members (excludes halogenated alkanes) is 1. The molecule has 1 saturated heterocycles. The first-order valence-electron chi connectivity index (χ1n) is 7.69. The fourth-order valence-corrected chi connectivity index (χ4v) is 3.27. The Hall–Kier alpha value is -0.650. The van der Waals surface area contributed by atoms with Gasteiger partial charge in [0.25, 0.3) is 0 Å². The molecule has 5 heteroatoms. The second kappa shape index (κ2) is 8.60. The van der Waals surface area contributed by atoms with Gasteiger partial charge in [0, 0.05) is 36.3 Å². The molecule has 0 bridgehead atoms. The molecule has 0 saturated carbocycles. The summed E-state index contributed by atoms with van der Waals surface area (Å²) in [7, 11) is 0. The molecule has 1 aromatic rings. The molecule has 1 aliphatic rings. The maximum absolute atomic E-state index is 6.01. The van der Waals surface area contributed by atoms with Gasteiger partial charge in [0.2, 0.25) is 0 Å². The van der Waals surface area contributed by atoms with Crippen molar-refractivity contribution in [1.82, 2.24) is 14.9 Å². The summed E-state index contributed by atoms with van der Waals surface area (Å²) in [6.07, 6.45) is 9.86. The van der Waals surface area contributed by atoms with Crippen LogP contribution in [-0.4, -0.2) is 39.8 Å². The van der Waals surface area contributed by atoms with E-state index in [0.717, 1.165) is 43.4 Å². The van der Waals surface area contributed by atoms with E-state index in [4.69, 9.17) is 5.73 Å². The lowest BCUT2D eigenvalue weighted by Crippen LogP contribution is -2.26. The maximum atomic E-state index is 6.01. The lowest BCUT2D eigenvalue weighted by atomic mass is 10.1. The average Bonchev–Trinajstić information content (AvgIpc) is 2.66. The molecule has 0 amide bonds. The topological polar surface area (TPSA) is 55.0 Å². The maximum Gasteiger partial charge on any atom is 0.187 e. The van der Waals surface area contributed by atoms with Gasteiger partial charge in [-0.15, -0.1) is 0 Å². The molecule has 0 spiro atoms. The Morgan fingerprint density at radius 3 is 2.85 bits per heavy atom. The van der Waals surface area contributed by atoms with Crippen molar-refractivity contribution < 1.29 is 0 Å². The van der Waals surface area contributed by atoms with Crippen molar-refractivity contribution in [3.63, 3.8) is 0 Å². The van der Waals surface area contributed by atoms with Gasteiger partial charge in [0.15, 0.2) is 5.16 Å². The highest BCUT2D eigenvalue weighted by Crippen LogP contribution is 2.16. The molecule has 0 aromatic carbocycles. The van der Waals surface area contributed by atoms with Crippen molar-refractivity contribution in [2.45, 2.75) is 56.8 Å². The van der Waals surface area contributed by atoms with E-state index in [9.17, 15) is 0 Å². The van der Waals surface area contributed by atoms with Crippen LogP contribution < -0.4 is 5.73 Å². The van der Waals surface area contributed by atoms with Gasteiger partial charge in [-0.2, -0.15) is 0 Å². The summed E-state index contributed by atoms with van der Waals surface area (Å²) in [6, 6.07) is 0.383. The summed E-state index contributed by atoms with van der Waals surface area (Å²) < 4.78 is 0. The molecule has 4 nitrogen and oxygen atoms in total. The van der Waals surface area contributed by atoms with Crippen LogP contribution in [0, 0.1) is 0 Å². The molecular weight excluding hydrogens is 268 g/mol. The first-order chi connectivity index (χ1) is 9.78. The van der Waals surface area contributed by atoms with E-state index >= 15 is 0 Å². The third-order valence-electron chi connectivity index (χ3n) is 3.68. The van der Waals surface area contributed by atoms with Gasteiger partial charge >= 0.3 is 0 Å². The third-order valence-corrected chi connectivity index (χ3v) is 4.64. The number of likely N-dealkylation sites (tertiary alicyclic amines) is 1. The molecule has 2 heterocycles. The number of thioether (sulfide) groups is 1. The largest absolute Gasteiger partial charge is 0.328 e. The Bertz CT molecular complexity index is 382. The van der Waals surface area contributed by atoms with Crippen LogP contribution in [0.3, 0.4) is 0 Å². The lowest BCUT2D eigenvalue weighted by molar-refractivity contribution is 0.275. The zero-order valence-corrected chi connectivity index (χ0v) is 13.2. The quantitative estimate of drug-likeness (QED) is 0.496. The summed E-state index contributed by atoms with van der Waals surface area (Å²) in [5.41, 5.74) is 7.22. The fourth-order valence-electron chi connectivity index (χ4n) is 2.40. The number of nitrogens with two attached hydrogens (primary N) is 1. The highest BCUT2D eigenvalue weighted by atomic mass is 32.2. The summed E-state index contributed by atoms with van der Waals surface area (Å²) in [5.74, 6) is 1.11. The minimum absolute atomic E-state index is 0.383. The molecule has 1 atom stereocenters. The monoisotopic (exact) mass is 294 g/mol. The van der Waals surface area contributed by atoms with Crippen LogP contribution in [-0.2, 0) is 6.54 Å². The van der Waals surface area contributed by atoms with E-state index in [-0.39, 0.29) is 0 Å². The standard InChI is InChI=1S/C15H26N4S/c1-2-3-9-20-15-17-10-13(11-18-15)12-19-7-4-5-14(16)6-8-19/h10-11,14H,2-9,12,16H2,1H3/t14-/m1/s1. The Morgan fingerprint density at radius 1 is 1.30 bits per heavy atom. The minimum Gasteiger partial charge on any atom is -0.328 e. The second-order valence-corrected chi connectivity index (χ2v) is 6.61. The molecule has 2 rings (SSSR count). The van der Waals surface area contributed by atoms with E-state index in [1.54, 1.807) is 11.8 Å². The van der Waals surface area contributed by atoms with E-state index < -0.39 is 0 Å². The number of rotatable bonds is 6. The van der Waals surface area contributed by atoms with Gasteiger partial charge in [-0.3, -0.25) is 4.90 Å². The van der Waals surface area contributed by atoms with Crippen molar-refractivity contribution in [2.75, 3.05) is 18.8 Å². The first kappa shape index (κ1) is 15.7. The van der Waals surface area contributed by atoms with Crippen LogP contribution in [0.25, 0.3) is 0 Å². The van der Waals surface area contributed by atoms with Gasteiger partial charge in [-0.25, -0.2) is 9.97 Å². The number of hydrogen-bond acceptors (Lipinski definition) is 5. The smallest absolute Gasteiger partial charge is 0.187 e. The van der Waals surface area contributed by atoms with Gasteiger partial charge in [-0.05, 0) is 38.8 Å². The van der Waals surface area contributed by atoms with E-state index in [2.05, 4.69) is 21.8 Å². The Balaban J connectivity index is 1.80. The zero-order valence-electron chi connectivity index (χ0n) is 12.4. The molecule has 1 aromatic heterocycles.